The van der Waals surface area contributed by atoms with Crippen molar-refractivity contribution in [1.82, 2.24) is 15.5 Å². The monoisotopic (exact) mass is 519 g/mol. The van der Waals surface area contributed by atoms with Gasteiger partial charge in [0.25, 0.3) is 0 Å². The third-order valence-electron chi connectivity index (χ3n) is 6.30. The van der Waals surface area contributed by atoms with Gasteiger partial charge in [0.05, 0.1) is 6.04 Å². The van der Waals surface area contributed by atoms with E-state index in [9.17, 15) is 29.1 Å². The number of hydrogen-bond acceptors (Lipinski definition) is 7. The van der Waals surface area contributed by atoms with Gasteiger partial charge in [-0.15, -0.1) is 0 Å². The summed E-state index contributed by atoms with van der Waals surface area (Å²) in [5.74, 6) is -3.99. The molecule has 1 aromatic carbocycles. The molecule has 1 fully saturated rings. The Morgan fingerprint density at radius 1 is 0.973 bits per heavy atom. The lowest BCUT2D eigenvalue weighted by Gasteiger charge is -2.29. The Bertz CT molecular complexity index is 943. The van der Waals surface area contributed by atoms with Crippen LogP contribution in [0.15, 0.2) is 30.3 Å². The molecule has 0 saturated carbocycles. The van der Waals surface area contributed by atoms with E-state index in [1.165, 1.54) is 4.90 Å². The third kappa shape index (κ3) is 9.47. The maximum atomic E-state index is 13.4. The Kier molecular flexibility index (Phi) is 12.0. The lowest BCUT2D eigenvalue weighted by Crippen LogP contribution is -2.57. The second kappa shape index (κ2) is 14.9. The van der Waals surface area contributed by atoms with Crippen LogP contribution in [0.4, 0.5) is 0 Å². The predicted octanol–water partition coefficient (Wildman–Crippen LogP) is -0.405. The van der Waals surface area contributed by atoms with E-state index in [1.807, 2.05) is 6.07 Å². The van der Waals surface area contributed by atoms with Crippen LogP contribution in [0, 0.1) is 0 Å². The second-order valence-corrected chi connectivity index (χ2v) is 9.16. The number of benzene rings is 1. The number of amides is 3. The van der Waals surface area contributed by atoms with Gasteiger partial charge in [0.15, 0.2) is 0 Å². The molecule has 3 amide bonds. The number of rotatable bonds is 15. The van der Waals surface area contributed by atoms with Crippen molar-refractivity contribution in [3.8, 4) is 0 Å². The van der Waals surface area contributed by atoms with Gasteiger partial charge in [-0.25, -0.2) is 4.79 Å². The number of carbonyl (C=O) groups is 5. The van der Waals surface area contributed by atoms with E-state index in [0.717, 1.165) is 5.56 Å². The average Bonchev–Trinajstić information content (AvgIpc) is 3.37. The van der Waals surface area contributed by atoms with Crippen LogP contribution in [-0.4, -0.2) is 82.0 Å². The summed E-state index contributed by atoms with van der Waals surface area (Å²) in [6, 6.07) is 4.83. The van der Waals surface area contributed by atoms with Crippen molar-refractivity contribution in [3.63, 3.8) is 0 Å². The number of likely N-dealkylation sites (tertiary alicyclic amines) is 1. The summed E-state index contributed by atoms with van der Waals surface area (Å²) in [5.41, 5.74) is 12.1. The topological polar surface area (TPSA) is 205 Å². The summed E-state index contributed by atoms with van der Waals surface area (Å²) >= 11 is 0. The highest BCUT2D eigenvalue weighted by Crippen LogP contribution is 2.20. The Morgan fingerprint density at radius 2 is 1.65 bits per heavy atom. The van der Waals surface area contributed by atoms with Gasteiger partial charge in [-0.05, 0) is 50.6 Å². The standard InChI is InChI=1S/C25H37N5O7/c26-13-5-4-9-18(28-22(33)17(27)11-12-21(31)32)23(34)29-19(15-16-7-2-1-3-8-16)24(35)30-14-6-10-20(30)25(36)37/h1-3,7-8,17-20H,4-6,9-15,26-27H2,(H,28,33)(H,29,34)(H,31,32)(H,36,37). The highest BCUT2D eigenvalue weighted by atomic mass is 16.4. The van der Waals surface area contributed by atoms with Gasteiger partial charge in [0.2, 0.25) is 17.7 Å². The summed E-state index contributed by atoms with van der Waals surface area (Å²) in [6.45, 7) is 0.660. The van der Waals surface area contributed by atoms with Crippen molar-refractivity contribution in [2.45, 2.75) is 75.5 Å². The minimum Gasteiger partial charge on any atom is -0.481 e. The normalized spacial score (nSPS) is 17.5. The predicted molar refractivity (Wildman–Crippen MR) is 134 cm³/mol. The van der Waals surface area contributed by atoms with Gasteiger partial charge >= 0.3 is 11.9 Å². The van der Waals surface area contributed by atoms with E-state index in [0.29, 0.717) is 32.2 Å². The molecule has 4 atom stereocenters. The van der Waals surface area contributed by atoms with Crippen molar-refractivity contribution in [2.24, 2.45) is 11.5 Å². The van der Waals surface area contributed by atoms with Gasteiger partial charge in [-0.2, -0.15) is 0 Å². The maximum Gasteiger partial charge on any atom is 0.326 e. The van der Waals surface area contributed by atoms with Crippen LogP contribution in [0.3, 0.4) is 0 Å². The SMILES string of the molecule is NCCCCC(NC(=O)C(N)CCC(=O)O)C(=O)NC(Cc1ccccc1)C(=O)N1CCCC1C(=O)O. The number of carbonyl (C=O) groups excluding carboxylic acids is 3. The average molecular weight is 520 g/mol. The van der Waals surface area contributed by atoms with E-state index < -0.39 is 53.8 Å². The zero-order valence-electron chi connectivity index (χ0n) is 20.8. The number of aliphatic carboxylic acids is 2. The number of unbranched alkanes of at least 4 members (excludes halogenated alkanes) is 1. The van der Waals surface area contributed by atoms with Crippen molar-refractivity contribution < 1.29 is 34.2 Å². The van der Waals surface area contributed by atoms with E-state index in [1.54, 1.807) is 24.3 Å². The van der Waals surface area contributed by atoms with Crippen LogP contribution >= 0.6 is 0 Å². The Hall–Kier alpha value is -3.51. The summed E-state index contributed by atoms with van der Waals surface area (Å²) < 4.78 is 0. The van der Waals surface area contributed by atoms with Crippen LogP contribution in [0.5, 0.6) is 0 Å². The lowest BCUT2D eigenvalue weighted by molar-refractivity contribution is -0.149. The number of nitrogens with one attached hydrogen (secondary N) is 2. The lowest BCUT2D eigenvalue weighted by atomic mass is 10.0. The zero-order chi connectivity index (χ0) is 27.4. The second-order valence-electron chi connectivity index (χ2n) is 9.16. The first kappa shape index (κ1) is 29.7. The molecule has 204 valence electrons. The molecule has 1 saturated heterocycles. The number of nitrogens with two attached hydrogens (primary N) is 2. The van der Waals surface area contributed by atoms with Gasteiger partial charge in [-0.1, -0.05) is 30.3 Å². The van der Waals surface area contributed by atoms with E-state index in [-0.39, 0.29) is 32.2 Å². The molecule has 0 bridgehead atoms. The van der Waals surface area contributed by atoms with Crippen molar-refractivity contribution in [1.29, 1.82) is 0 Å². The van der Waals surface area contributed by atoms with Crippen LogP contribution in [0.1, 0.15) is 50.5 Å². The molecule has 0 aliphatic carbocycles. The summed E-state index contributed by atoms with van der Waals surface area (Å²) in [7, 11) is 0. The molecule has 0 spiro atoms. The van der Waals surface area contributed by atoms with Crippen LogP contribution in [0.2, 0.25) is 0 Å². The molecule has 4 unspecified atom stereocenters. The van der Waals surface area contributed by atoms with E-state index >= 15 is 0 Å². The first-order valence-electron chi connectivity index (χ1n) is 12.5. The Labute approximate surface area is 215 Å². The molecule has 1 aromatic rings. The number of nitrogens with zero attached hydrogens (tertiary/aromatic N) is 1. The third-order valence-corrected chi connectivity index (χ3v) is 6.30. The first-order chi connectivity index (χ1) is 17.6. The molecule has 0 radical (unpaired) electrons. The molecule has 0 aromatic heterocycles. The molecular weight excluding hydrogens is 482 g/mol. The highest BCUT2D eigenvalue weighted by molar-refractivity contribution is 5.94. The van der Waals surface area contributed by atoms with Crippen molar-refractivity contribution >= 4 is 29.7 Å². The smallest absolute Gasteiger partial charge is 0.326 e. The fourth-order valence-electron chi connectivity index (χ4n) is 4.26. The number of carboxylic acid groups (broad SMARTS) is 2. The minimum absolute atomic E-state index is 0.0983. The van der Waals surface area contributed by atoms with Gasteiger partial charge in [0, 0.05) is 19.4 Å². The van der Waals surface area contributed by atoms with Crippen molar-refractivity contribution in [3.05, 3.63) is 35.9 Å². The molecular formula is C25H37N5O7. The largest absolute Gasteiger partial charge is 0.481 e. The van der Waals surface area contributed by atoms with Gasteiger partial charge in [-0.3, -0.25) is 19.2 Å². The fourth-order valence-corrected chi connectivity index (χ4v) is 4.26. The van der Waals surface area contributed by atoms with Crippen LogP contribution in [0.25, 0.3) is 0 Å². The highest BCUT2D eigenvalue weighted by Gasteiger charge is 2.38. The summed E-state index contributed by atoms with van der Waals surface area (Å²) in [6.07, 6.45) is 1.96. The minimum atomic E-state index is -1.12. The zero-order valence-corrected chi connectivity index (χ0v) is 20.8. The van der Waals surface area contributed by atoms with Crippen LogP contribution < -0.4 is 22.1 Å². The van der Waals surface area contributed by atoms with Gasteiger partial charge < -0.3 is 37.2 Å². The number of carboxylic acids is 2. The van der Waals surface area contributed by atoms with Gasteiger partial charge in [0.1, 0.15) is 18.1 Å². The maximum absolute atomic E-state index is 13.4. The molecule has 8 N–H and O–H groups in total. The molecule has 37 heavy (non-hydrogen) atoms. The molecule has 1 heterocycles. The molecule has 12 nitrogen and oxygen atoms in total. The summed E-state index contributed by atoms with van der Waals surface area (Å²) in [4.78, 5) is 63.1. The van der Waals surface area contributed by atoms with E-state index in [2.05, 4.69) is 10.6 Å². The summed E-state index contributed by atoms with van der Waals surface area (Å²) in [5, 5.41) is 23.7. The fraction of sp³-hybridized carbons (Fsp3) is 0.560. The molecule has 1 aliphatic rings. The van der Waals surface area contributed by atoms with Crippen molar-refractivity contribution in [2.75, 3.05) is 13.1 Å². The first-order valence-corrected chi connectivity index (χ1v) is 12.5. The van der Waals surface area contributed by atoms with E-state index in [4.69, 9.17) is 16.6 Å². The molecule has 2 rings (SSSR count). The number of hydrogen-bond donors (Lipinski definition) is 6. The Balaban J connectivity index is 2.21. The quantitative estimate of drug-likeness (QED) is 0.166. The molecule has 1 aliphatic heterocycles. The Morgan fingerprint density at radius 3 is 2.27 bits per heavy atom. The molecule has 12 heteroatoms. The van der Waals surface area contributed by atoms with Crippen LogP contribution in [-0.2, 0) is 30.4 Å².